The Bertz CT molecular complexity index is 213. The Morgan fingerprint density at radius 2 is 1.24 bits per heavy atom. The highest BCUT2D eigenvalue weighted by Crippen LogP contribution is 2.13. The summed E-state index contributed by atoms with van der Waals surface area (Å²) in [5, 5.41) is 0. The number of Topliss-reactive ketones (excluding diaryl/α,β-unsaturated/α-hetero) is 2. The van der Waals surface area contributed by atoms with Crippen LogP contribution in [0.4, 0.5) is 0 Å². The predicted molar refractivity (Wildman–Crippen MR) is 74.1 cm³/mol. The van der Waals surface area contributed by atoms with Crippen molar-refractivity contribution < 1.29 is 9.59 Å². The largest absolute Gasteiger partial charge is 0.299 e. The van der Waals surface area contributed by atoms with Crippen LogP contribution in [0.1, 0.15) is 67.7 Å². The van der Waals surface area contributed by atoms with Crippen molar-refractivity contribution in [3.8, 4) is 0 Å². The van der Waals surface area contributed by atoms with Gasteiger partial charge in [-0.2, -0.15) is 0 Å². The smallest absolute Gasteiger partial charge is 0.138 e. The van der Waals surface area contributed by atoms with E-state index in [0.29, 0.717) is 23.9 Å². The van der Waals surface area contributed by atoms with Crippen LogP contribution in [-0.2, 0) is 9.59 Å². The Labute approximate surface area is 107 Å². The number of hydrogen-bond acceptors (Lipinski definition) is 2. The zero-order valence-electron chi connectivity index (χ0n) is 12.7. The second-order valence-corrected chi connectivity index (χ2v) is 5.05. The van der Waals surface area contributed by atoms with Gasteiger partial charge in [-0.3, -0.25) is 9.59 Å². The van der Waals surface area contributed by atoms with E-state index >= 15 is 0 Å². The molecule has 0 aromatic carbocycles. The van der Waals surface area contributed by atoms with Crippen LogP contribution < -0.4 is 0 Å². The van der Waals surface area contributed by atoms with Crippen molar-refractivity contribution in [2.75, 3.05) is 0 Å². The lowest BCUT2D eigenvalue weighted by Crippen LogP contribution is -2.18. The molecule has 0 N–H and O–H groups in total. The van der Waals surface area contributed by atoms with Gasteiger partial charge in [0.25, 0.3) is 0 Å². The van der Waals surface area contributed by atoms with Gasteiger partial charge in [0.05, 0.1) is 0 Å². The number of ketones is 2. The molecule has 0 amide bonds. The summed E-state index contributed by atoms with van der Waals surface area (Å²) < 4.78 is 0. The fraction of sp³-hybridized carbons (Fsp3) is 0.867. The first-order valence-electron chi connectivity index (χ1n) is 6.88. The summed E-state index contributed by atoms with van der Waals surface area (Å²) in [7, 11) is 0. The number of hydrogen-bond donors (Lipinski definition) is 0. The van der Waals surface area contributed by atoms with Gasteiger partial charge < -0.3 is 0 Å². The van der Waals surface area contributed by atoms with E-state index in [-0.39, 0.29) is 11.8 Å². The molecule has 0 atom stereocenters. The van der Waals surface area contributed by atoms with Gasteiger partial charge in [-0.1, -0.05) is 48.5 Å². The summed E-state index contributed by atoms with van der Waals surface area (Å²) in [6.07, 6.45) is 2.67. The molecule has 0 spiro atoms. The predicted octanol–water partition coefficient (Wildman–Crippen LogP) is 4.27. The first-order chi connectivity index (χ1) is 7.81. The molecule has 2 nitrogen and oxygen atoms in total. The van der Waals surface area contributed by atoms with Gasteiger partial charge in [-0.25, -0.2) is 0 Å². The van der Waals surface area contributed by atoms with E-state index < -0.39 is 0 Å². The van der Waals surface area contributed by atoms with Crippen LogP contribution in [0.15, 0.2) is 0 Å². The fourth-order valence-corrected chi connectivity index (χ4v) is 1.57. The molecular formula is C15H30O2. The molecular weight excluding hydrogens is 212 g/mol. The van der Waals surface area contributed by atoms with Gasteiger partial charge in [0.2, 0.25) is 0 Å². The lowest BCUT2D eigenvalue weighted by Gasteiger charge is -2.12. The number of carbonyl (C=O) groups is 2. The maximum atomic E-state index is 11.3. The van der Waals surface area contributed by atoms with E-state index in [0.717, 1.165) is 12.8 Å². The van der Waals surface area contributed by atoms with Gasteiger partial charge in [-0.15, -0.1) is 0 Å². The SMILES string of the molecule is CCC(=O)C(C)C.CCC(CC)C(=O)C(C)C. The molecule has 0 aliphatic heterocycles. The van der Waals surface area contributed by atoms with Crippen LogP contribution in [0.2, 0.25) is 0 Å². The molecule has 0 saturated heterocycles. The van der Waals surface area contributed by atoms with Crippen molar-refractivity contribution in [2.24, 2.45) is 17.8 Å². The Morgan fingerprint density at radius 3 is 1.29 bits per heavy atom. The molecule has 0 radical (unpaired) electrons. The van der Waals surface area contributed by atoms with Gasteiger partial charge in [0.15, 0.2) is 0 Å². The Hall–Kier alpha value is -0.660. The molecule has 0 fully saturated rings. The second kappa shape index (κ2) is 10.5. The topological polar surface area (TPSA) is 34.1 Å². The molecule has 102 valence electrons. The molecule has 0 bridgehead atoms. The highest BCUT2D eigenvalue weighted by atomic mass is 16.1. The zero-order valence-corrected chi connectivity index (χ0v) is 12.7. The normalized spacial score (nSPS) is 10.5. The third-order valence-electron chi connectivity index (χ3n) is 2.95. The van der Waals surface area contributed by atoms with E-state index in [1.807, 2.05) is 34.6 Å². The monoisotopic (exact) mass is 242 g/mol. The van der Waals surface area contributed by atoms with E-state index in [9.17, 15) is 9.59 Å². The molecule has 0 saturated carbocycles. The minimum Gasteiger partial charge on any atom is -0.299 e. The molecule has 0 heterocycles. The van der Waals surface area contributed by atoms with Gasteiger partial charge in [0.1, 0.15) is 11.6 Å². The first kappa shape index (κ1) is 18.7. The van der Waals surface area contributed by atoms with Gasteiger partial charge >= 0.3 is 0 Å². The van der Waals surface area contributed by atoms with Crippen LogP contribution in [0.5, 0.6) is 0 Å². The second-order valence-electron chi connectivity index (χ2n) is 5.05. The Morgan fingerprint density at radius 1 is 0.824 bits per heavy atom. The minimum atomic E-state index is 0.213. The van der Waals surface area contributed by atoms with Crippen molar-refractivity contribution in [1.29, 1.82) is 0 Å². The lowest BCUT2D eigenvalue weighted by molar-refractivity contribution is -0.126. The van der Waals surface area contributed by atoms with Crippen molar-refractivity contribution in [3.63, 3.8) is 0 Å². The maximum absolute atomic E-state index is 11.3. The van der Waals surface area contributed by atoms with Crippen molar-refractivity contribution in [1.82, 2.24) is 0 Å². The molecule has 2 heteroatoms. The van der Waals surface area contributed by atoms with Crippen LogP contribution >= 0.6 is 0 Å². The number of carbonyl (C=O) groups excluding carboxylic acids is 2. The molecule has 0 aliphatic rings. The maximum Gasteiger partial charge on any atom is 0.138 e. The summed E-state index contributed by atoms with van der Waals surface area (Å²) in [6.45, 7) is 13.8. The van der Waals surface area contributed by atoms with Gasteiger partial charge in [-0.05, 0) is 12.8 Å². The quantitative estimate of drug-likeness (QED) is 0.697. The van der Waals surface area contributed by atoms with E-state index in [2.05, 4.69) is 13.8 Å². The van der Waals surface area contributed by atoms with E-state index in [1.165, 1.54) is 0 Å². The van der Waals surface area contributed by atoms with E-state index in [1.54, 1.807) is 0 Å². The molecule has 0 aliphatic carbocycles. The molecule has 0 unspecified atom stereocenters. The standard InChI is InChI=1S/C9H18O.C6H12O/c1-5-8(6-2)9(10)7(3)4;1-4-6(7)5(2)3/h7-8H,5-6H2,1-4H3;5H,4H2,1-3H3. The summed E-state index contributed by atoms with van der Waals surface area (Å²) in [6, 6.07) is 0. The number of rotatable bonds is 6. The summed E-state index contributed by atoms with van der Waals surface area (Å²) >= 11 is 0. The minimum absolute atomic E-state index is 0.213. The molecule has 0 aromatic heterocycles. The molecule has 0 aromatic rings. The highest BCUT2D eigenvalue weighted by molar-refractivity contribution is 5.82. The zero-order chi connectivity index (χ0) is 14.0. The van der Waals surface area contributed by atoms with Crippen LogP contribution in [0, 0.1) is 17.8 Å². The summed E-state index contributed by atoms with van der Waals surface area (Å²) in [5.74, 6) is 1.51. The summed E-state index contributed by atoms with van der Waals surface area (Å²) in [4.78, 5) is 21.8. The third-order valence-corrected chi connectivity index (χ3v) is 2.95. The molecule has 17 heavy (non-hydrogen) atoms. The Balaban J connectivity index is 0. The van der Waals surface area contributed by atoms with Crippen LogP contribution in [-0.4, -0.2) is 11.6 Å². The highest BCUT2D eigenvalue weighted by Gasteiger charge is 2.16. The van der Waals surface area contributed by atoms with Crippen molar-refractivity contribution in [3.05, 3.63) is 0 Å². The van der Waals surface area contributed by atoms with Crippen molar-refractivity contribution >= 4 is 11.6 Å². The van der Waals surface area contributed by atoms with Gasteiger partial charge in [0, 0.05) is 24.2 Å². The average molecular weight is 242 g/mol. The van der Waals surface area contributed by atoms with E-state index in [4.69, 9.17) is 0 Å². The lowest BCUT2D eigenvalue weighted by atomic mass is 9.91. The third kappa shape index (κ3) is 9.08. The fourth-order valence-electron chi connectivity index (χ4n) is 1.57. The summed E-state index contributed by atoms with van der Waals surface area (Å²) in [5.41, 5.74) is 0. The van der Waals surface area contributed by atoms with Crippen LogP contribution in [0.25, 0.3) is 0 Å². The Kier molecular flexibility index (Phi) is 11.5. The molecule has 0 rings (SSSR count). The first-order valence-corrected chi connectivity index (χ1v) is 6.88. The van der Waals surface area contributed by atoms with Crippen LogP contribution in [0.3, 0.4) is 0 Å². The average Bonchev–Trinajstić information content (AvgIpc) is 2.29. The van der Waals surface area contributed by atoms with Crippen molar-refractivity contribution in [2.45, 2.75) is 67.7 Å².